The second kappa shape index (κ2) is 14.5. The lowest BCUT2D eigenvalue weighted by Crippen LogP contribution is -2.34. The number of unbranched alkanes of at least 4 members (excludes halogenated alkanes) is 4. The fourth-order valence-electron chi connectivity index (χ4n) is 4.22. The summed E-state index contributed by atoms with van der Waals surface area (Å²) in [5, 5.41) is 8.92. The van der Waals surface area contributed by atoms with E-state index >= 15 is 0 Å². The summed E-state index contributed by atoms with van der Waals surface area (Å²) in [7, 11) is 0. The minimum atomic E-state index is -0.296. The van der Waals surface area contributed by atoms with Gasteiger partial charge in [0.15, 0.2) is 5.11 Å². The first-order valence-corrected chi connectivity index (χ1v) is 13.2. The Balaban J connectivity index is 1.43. The zero-order chi connectivity index (χ0) is 24.9. The van der Waals surface area contributed by atoms with Crippen LogP contribution in [-0.2, 0) is 4.79 Å². The van der Waals surface area contributed by atoms with Gasteiger partial charge in [0.2, 0.25) is 5.91 Å². The Morgan fingerprint density at radius 2 is 1.60 bits per heavy atom. The van der Waals surface area contributed by atoms with Crippen molar-refractivity contribution in [1.29, 1.82) is 0 Å². The predicted molar refractivity (Wildman–Crippen MR) is 146 cm³/mol. The van der Waals surface area contributed by atoms with Crippen molar-refractivity contribution in [3.8, 4) is 5.75 Å². The van der Waals surface area contributed by atoms with Crippen molar-refractivity contribution < 1.29 is 14.3 Å². The summed E-state index contributed by atoms with van der Waals surface area (Å²) in [4.78, 5) is 25.1. The van der Waals surface area contributed by atoms with Crippen LogP contribution in [-0.4, -0.2) is 23.5 Å². The molecule has 0 spiro atoms. The van der Waals surface area contributed by atoms with Gasteiger partial charge in [-0.2, -0.15) is 0 Å². The predicted octanol–water partition coefficient (Wildman–Crippen LogP) is 6.68. The van der Waals surface area contributed by atoms with E-state index in [0.29, 0.717) is 23.5 Å². The minimum Gasteiger partial charge on any atom is -0.494 e. The number of carbonyl (C=O) groups excluding carboxylic acids is 2. The lowest BCUT2D eigenvalue weighted by atomic mass is 9.88. The lowest BCUT2D eigenvalue weighted by molar-refractivity contribution is -0.120. The topological polar surface area (TPSA) is 79.5 Å². The van der Waals surface area contributed by atoms with Gasteiger partial charge in [0.05, 0.1) is 6.61 Å². The van der Waals surface area contributed by atoms with Gasteiger partial charge in [0, 0.05) is 22.9 Å². The van der Waals surface area contributed by atoms with Gasteiger partial charge in [0.25, 0.3) is 5.91 Å². The molecule has 0 aromatic heterocycles. The summed E-state index contributed by atoms with van der Waals surface area (Å²) in [6, 6.07) is 14.4. The first kappa shape index (κ1) is 26.7. The molecule has 0 atom stereocenters. The maximum absolute atomic E-state index is 12.6. The molecule has 1 fully saturated rings. The van der Waals surface area contributed by atoms with E-state index in [-0.39, 0.29) is 22.8 Å². The average Bonchev–Trinajstić information content (AvgIpc) is 2.87. The van der Waals surface area contributed by atoms with Crippen molar-refractivity contribution >= 4 is 40.5 Å². The van der Waals surface area contributed by atoms with Gasteiger partial charge in [-0.15, -0.1) is 0 Å². The second-order valence-corrected chi connectivity index (χ2v) is 9.51. The summed E-state index contributed by atoms with van der Waals surface area (Å²) in [5.74, 6) is 0.616. The number of ether oxygens (including phenoxy) is 1. The molecule has 0 aliphatic heterocycles. The fourth-order valence-corrected chi connectivity index (χ4v) is 4.43. The van der Waals surface area contributed by atoms with Crippen LogP contribution in [0, 0.1) is 5.92 Å². The van der Waals surface area contributed by atoms with Crippen molar-refractivity contribution in [3.05, 3.63) is 54.1 Å². The molecule has 0 heterocycles. The Morgan fingerprint density at radius 3 is 2.31 bits per heavy atom. The number of rotatable bonds is 11. The molecule has 2 amide bonds. The van der Waals surface area contributed by atoms with Crippen LogP contribution in [0.15, 0.2) is 48.5 Å². The van der Waals surface area contributed by atoms with Crippen molar-refractivity contribution in [2.75, 3.05) is 17.2 Å². The van der Waals surface area contributed by atoms with E-state index in [2.05, 4.69) is 22.9 Å². The molecule has 35 heavy (non-hydrogen) atoms. The molecular formula is C28H37N3O3S. The molecule has 7 heteroatoms. The fraction of sp³-hybridized carbons (Fsp3) is 0.464. The highest BCUT2D eigenvalue weighted by Crippen LogP contribution is 2.25. The molecule has 1 saturated carbocycles. The highest BCUT2D eigenvalue weighted by atomic mass is 32.1. The van der Waals surface area contributed by atoms with Crippen LogP contribution in [0.4, 0.5) is 11.4 Å². The smallest absolute Gasteiger partial charge is 0.257 e. The Labute approximate surface area is 214 Å². The molecule has 2 aromatic carbocycles. The normalized spacial score (nSPS) is 13.6. The van der Waals surface area contributed by atoms with E-state index in [4.69, 9.17) is 17.0 Å². The summed E-state index contributed by atoms with van der Waals surface area (Å²) < 4.78 is 5.76. The standard InChI is InChI=1S/C28H37N3O3S/c1-2-3-4-5-9-19-34-25-17-15-22(16-18-25)27(33)31-28(35)30-24-14-10-13-23(20-24)29-26(32)21-11-7-6-8-12-21/h10,13-18,20-21H,2-9,11-12,19H2,1H3,(H,29,32)(H2,30,31,33,35). The SMILES string of the molecule is CCCCCCCOc1ccc(C(=O)NC(=S)Nc2cccc(NC(=O)C3CCCCC3)c2)cc1. The van der Waals surface area contributed by atoms with Crippen LogP contribution < -0.4 is 20.7 Å². The largest absolute Gasteiger partial charge is 0.494 e. The highest BCUT2D eigenvalue weighted by molar-refractivity contribution is 7.80. The Hall–Kier alpha value is -2.93. The summed E-state index contributed by atoms with van der Waals surface area (Å²) in [6.45, 7) is 2.89. The third-order valence-electron chi connectivity index (χ3n) is 6.22. The van der Waals surface area contributed by atoms with E-state index in [1.54, 1.807) is 24.3 Å². The number of benzene rings is 2. The van der Waals surface area contributed by atoms with Gasteiger partial charge in [-0.1, -0.05) is 57.9 Å². The second-order valence-electron chi connectivity index (χ2n) is 9.10. The average molecular weight is 496 g/mol. The quantitative estimate of drug-likeness (QED) is 0.239. The molecule has 1 aliphatic carbocycles. The Morgan fingerprint density at radius 1 is 0.914 bits per heavy atom. The van der Waals surface area contributed by atoms with Crippen LogP contribution in [0.5, 0.6) is 5.75 Å². The Kier molecular flexibility index (Phi) is 11.0. The van der Waals surface area contributed by atoms with Crippen LogP contribution >= 0.6 is 12.2 Å². The highest BCUT2D eigenvalue weighted by Gasteiger charge is 2.21. The van der Waals surface area contributed by atoms with Gasteiger partial charge in [-0.05, 0) is 73.9 Å². The number of nitrogens with one attached hydrogen (secondary N) is 3. The molecule has 3 rings (SSSR count). The van der Waals surface area contributed by atoms with E-state index in [1.165, 1.54) is 32.1 Å². The van der Waals surface area contributed by atoms with Crippen LogP contribution in [0.25, 0.3) is 0 Å². The van der Waals surface area contributed by atoms with Crippen molar-refractivity contribution in [1.82, 2.24) is 5.32 Å². The maximum atomic E-state index is 12.6. The summed E-state index contributed by atoms with van der Waals surface area (Å²) in [6.07, 6.45) is 11.3. The van der Waals surface area contributed by atoms with Crippen molar-refractivity contribution in [2.45, 2.75) is 71.1 Å². The first-order valence-electron chi connectivity index (χ1n) is 12.8. The molecule has 0 saturated heterocycles. The van der Waals surface area contributed by atoms with Crippen LogP contribution in [0.1, 0.15) is 81.5 Å². The number of hydrogen-bond donors (Lipinski definition) is 3. The molecule has 0 unspecified atom stereocenters. The van der Waals surface area contributed by atoms with Gasteiger partial charge in [-0.3, -0.25) is 14.9 Å². The van der Waals surface area contributed by atoms with Gasteiger partial charge < -0.3 is 15.4 Å². The Bertz CT molecular complexity index is 972. The molecule has 0 radical (unpaired) electrons. The molecule has 6 nitrogen and oxygen atoms in total. The van der Waals surface area contributed by atoms with E-state index in [0.717, 1.165) is 37.9 Å². The number of thiocarbonyl (C=S) groups is 1. The van der Waals surface area contributed by atoms with Gasteiger partial charge in [-0.25, -0.2) is 0 Å². The molecule has 2 aromatic rings. The number of amides is 2. The zero-order valence-electron chi connectivity index (χ0n) is 20.6. The summed E-state index contributed by atoms with van der Waals surface area (Å²) in [5.41, 5.74) is 1.90. The third kappa shape index (κ3) is 9.32. The molecule has 1 aliphatic rings. The van der Waals surface area contributed by atoms with E-state index in [1.807, 2.05) is 24.3 Å². The lowest BCUT2D eigenvalue weighted by Gasteiger charge is -2.21. The van der Waals surface area contributed by atoms with Crippen LogP contribution in [0.3, 0.4) is 0 Å². The van der Waals surface area contributed by atoms with Gasteiger partial charge in [0.1, 0.15) is 5.75 Å². The van der Waals surface area contributed by atoms with Crippen LogP contribution in [0.2, 0.25) is 0 Å². The van der Waals surface area contributed by atoms with E-state index in [9.17, 15) is 9.59 Å². The number of carbonyl (C=O) groups is 2. The molecule has 3 N–H and O–H groups in total. The zero-order valence-corrected chi connectivity index (χ0v) is 21.4. The maximum Gasteiger partial charge on any atom is 0.257 e. The van der Waals surface area contributed by atoms with Gasteiger partial charge >= 0.3 is 0 Å². The molecule has 0 bridgehead atoms. The molecule has 188 valence electrons. The van der Waals surface area contributed by atoms with E-state index < -0.39 is 0 Å². The van der Waals surface area contributed by atoms with Crippen molar-refractivity contribution in [3.63, 3.8) is 0 Å². The monoisotopic (exact) mass is 495 g/mol. The summed E-state index contributed by atoms with van der Waals surface area (Å²) >= 11 is 5.32. The third-order valence-corrected chi connectivity index (χ3v) is 6.43. The van der Waals surface area contributed by atoms with Crippen molar-refractivity contribution in [2.24, 2.45) is 5.92 Å². The first-order chi connectivity index (χ1) is 17.0. The number of anilines is 2. The molecular weight excluding hydrogens is 458 g/mol. The number of hydrogen-bond acceptors (Lipinski definition) is 4. The minimum absolute atomic E-state index is 0.0710.